The maximum Gasteiger partial charge on any atom is 0.225 e. The highest BCUT2D eigenvalue weighted by atomic mass is 16.2. The van der Waals surface area contributed by atoms with Gasteiger partial charge in [-0.15, -0.1) is 0 Å². The molecule has 1 aromatic heterocycles. The van der Waals surface area contributed by atoms with Crippen LogP contribution < -0.4 is 5.32 Å². The molecule has 1 saturated carbocycles. The van der Waals surface area contributed by atoms with E-state index in [2.05, 4.69) is 77.2 Å². The van der Waals surface area contributed by atoms with Crippen molar-refractivity contribution in [2.75, 3.05) is 13.1 Å². The Balaban J connectivity index is 1.28. The van der Waals surface area contributed by atoms with Crippen LogP contribution in [0.4, 0.5) is 0 Å². The van der Waals surface area contributed by atoms with E-state index in [-0.39, 0.29) is 0 Å². The van der Waals surface area contributed by atoms with E-state index in [9.17, 15) is 4.79 Å². The number of carbonyl (C=O) groups is 1. The average Bonchev–Trinajstić information content (AvgIpc) is 3.58. The molecule has 1 aliphatic heterocycles. The Bertz CT molecular complexity index is 1070. The number of carbonyl (C=O) groups excluding carboxylic acids is 1. The molecule has 0 radical (unpaired) electrons. The lowest BCUT2D eigenvalue weighted by molar-refractivity contribution is -0.133. The second-order valence-electron chi connectivity index (χ2n) is 8.98. The molecule has 4 nitrogen and oxygen atoms in total. The van der Waals surface area contributed by atoms with Crippen molar-refractivity contribution in [1.29, 1.82) is 0 Å². The Morgan fingerprint density at radius 2 is 1.73 bits per heavy atom. The van der Waals surface area contributed by atoms with Gasteiger partial charge in [0.1, 0.15) is 0 Å². The molecule has 0 spiro atoms. The molecule has 0 atom stereocenters. The van der Waals surface area contributed by atoms with Crippen LogP contribution >= 0.6 is 0 Å². The summed E-state index contributed by atoms with van der Waals surface area (Å²) in [5, 5.41) is 6.32. The zero-order chi connectivity index (χ0) is 20.7. The van der Waals surface area contributed by atoms with Gasteiger partial charge in [-0.05, 0) is 62.6 Å². The number of amides is 1. The van der Waals surface area contributed by atoms with Crippen LogP contribution in [-0.4, -0.2) is 34.5 Å². The minimum absolute atomic E-state index is 0.342. The number of aryl methyl sites for hydroxylation is 1. The maximum atomic E-state index is 12.3. The van der Waals surface area contributed by atoms with Crippen molar-refractivity contribution in [3.63, 3.8) is 0 Å². The van der Waals surface area contributed by atoms with Crippen molar-refractivity contribution in [3.05, 3.63) is 65.5 Å². The molecule has 1 saturated heterocycles. The van der Waals surface area contributed by atoms with Gasteiger partial charge >= 0.3 is 0 Å². The van der Waals surface area contributed by atoms with Gasteiger partial charge in [0.25, 0.3) is 0 Å². The number of aromatic nitrogens is 1. The summed E-state index contributed by atoms with van der Waals surface area (Å²) in [7, 11) is 0. The van der Waals surface area contributed by atoms with Crippen LogP contribution in [0.5, 0.6) is 0 Å². The van der Waals surface area contributed by atoms with Crippen LogP contribution in [0.3, 0.4) is 0 Å². The standard InChI is InChI=1S/C26H31N3O/c1-18-16-22(17-27-23-12-14-28(15-13-23)26(30)21-10-11-21)19(2)29(18)25-9-5-7-20-6-3-4-8-24(20)25/h3-9,16,21,23,27H,10-15,17H2,1-2H3. The fourth-order valence-electron chi connectivity index (χ4n) is 4.93. The number of likely N-dealkylation sites (tertiary alicyclic amines) is 1. The number of piperidine rings is 1. The first-order valence-electron chi connectivity index (χ1n) is 11.3. The lowest BCUT2D eigenvalue weighted by Crippen LogP contribution is -2.45. The molecule has 3 aromatic rings. The van der Waals surface area contributed by atoms with Crippen molar-refractivity contribution in [2.45, 2.75) is 52.1 Å². The minimum atomic E-state index is 0.342. The molecular formula is C26H31N3O. The van der Waals surface area contributed by atoms with Crippen LogP contribution in [0.1, 0.15) is 42.6 Å². The van der Waals surface area contributed by atoms with Crippen LogP contribution in [-0.2, 0) is 11.3 Å². The number of rotatable bonds is 5. The molecule has 1 N–H and O–H groups in total. The van der Waals surface area contributed by atoms with Crippen LogP contribution in [0.15, 0.2) is 48.5 Å². The van der Waals surface area contributed by atoms with Gasteiger partial charge in [-0.2, -0.15) is 0 Å². The van der Waals surface area contributed by atoms with Gasteiger partial charge in [-0.25, -0.2) is 0 Å². The lowest BCUT2D eigenvalue weighted by Gasteiger charge is -2.32. The van der Waals surface area contributed by atoms with Gasteiger partial charge in [0.15, 0.2) is 0 Å². The molecule has 2 aromatic carbocycles. The molecule has 156 valence electrons. The van der Waals surface area contributed by atoms with Gasteiger partial charge in [0, 0.05) is 48.4 Å². The maximum absolute atomic E-state index is 12.3. The summed E-state index contributed by atoms with van der Waals surface area (Å²) in [6.45, 7) is 7.11. The third-order valence-electron chi connectivity index (χ3n) is 6.86. The van der Waals surface area contributed by atoms with Crippen molar-refractivity contribution in [1.82, 2.24) is 14.8 Å². The number of benzene rings is 2. The quantitative estimate of drug-likeness (QED) is 0.671. The molecule has 0 bridgehead atoms. The number of hydrogen-bond donors (Lipinski definition) is 1. The van der Waals surface area contributed by atoms with Gasteiger partial charge < -0.3 is 14.8 Å². The smallest absolute Gasteiger partial charge is 0.225 e. The van der Waals surface area contributed by atoms with Crippen LogP contribution in [0, 0.1) is 19.8 Å². The number of nitrogens with one attached hydrogen (secondary N) is 1. The lowest BCUT2D eigenvalue weighted by atomic mass is 10.0. The van der Waals surface area contributed by atoms with E-state index < -0.39 is 0 Å². The first-order valence-corrected chi connectivity index (χ1v) is 11.3. The molecule has 2 heterocycles. The topological polar surface area (TPSA) is 37.3 Å². The molecule has 4 heteroatoms. The number of nitrogens with zero attached hydrogens (tertiary/aromatic N) is 2. The van der Waals surface area contributed by atoms with Crippen molar-refractivity contribution in [3.8, 4) is 5.69 Å². The van der Waals surface area contributed by atoms with Gasteiger partial charge in [-0.3, -0.25) is 4.79 Å². The molecule has 30 heavy (non-hydrogen) atoms. The SMILES string of the molecule is Cc1cc(CNC2CCN(C(=O)C3CC3)CC2)c(C)n1-c1cccc2ccccc12. The highest BCUT2D eigenvalue weighted by Crippen LogP contribution is 2.32. The zero-order valence-electron chi connectivity index (χ0n) is 18.0. The van der Waals surface area contributed by atoms with E-state index in [1.165, 1.54) is 33.4 Å². The summed E-state index contributed by atoms with van der Waals surface area (Å²) in [6, 6.07) is 17.9. The Hall–Kier alpha value is -2.59. The van der Waals surface area contributed by atoms with E-state index in [1.54, 1.807) is 0 Å². The normalized spacial score (nSPS) is 17.6. The van der Waals surface area contributed by atoms with Crippen molar-refractivity contribution in [2.24, 2.45) is 5.92 Å². The molecular weight excluding hydrogens is 370 g/mol. The van der Waals surface area contributed by atoms with Crippen LogP contribution in [0.2, 0.25) is 0 Å². The first-order chi connectivity index (χ1) is 14.6. The molecule has 2 fully saturated rings. The van der Waals surface area contributed by atoms with E-state index >= 15 is 0 Å². The number of fused-ring (bicyclic) bond motifs is 1. The van der Waals surface area contributed by atoms with Crippen LogP contribution in [0.25, 0.3) is 16.5 Å². The highest BCUT2D eigenvalue weighted by molar-refractivity contribution is 5.90. The van der Waals surface area contributed by atoms with Gasteiger partial charge in [-0.1, -0.05) is 36.4 Å². The predicted molar refractivity (Wildman–Crippen MR) is 122 cm³/mol. The zero-order valence-corrected chi connectivity index (χ0v) is 18.0. The van der Waals surface area contributed by atoms with Crippen molar-refractivity contribution < 1.29 is 4.79 Å². The van der Waals surface area contributed by atoms with E-state index in [1.807, 2.05) is 0 Å². The van der Waals surface area contributed by atoms with Gasteiger partial charge in [0.2, 0.25) is 5.91 Å². The molecule has 1 amide bonds. The Labute approximate surface area is 178 Å². The summed E-state index contributed by atoms with van der Waals surface area (Å²) in [5.41, 5.74) is 5.18. The molecule has 0 unspecified atom stereocenters. The fraction of sp³-hybridized carbons (Fsp3) is 0.423. The van der Waals surface area contributed by atoms with E-state index in [0.29, 0.717) is 17.9 Å². The third kappa shape index (κ3) is 3.65. The Morgan fingerprint density at radius 1 is 1.00 bits per heavy atom. The summed E-state index contributed by atoms with van der Waals surface area (Å²) in [6.07, 6.45) is 4.31. The minimum Gasteiger partial charge on any atom is -0.342 e. The predicted octanol–water partition coefficient (Wildman–Crippen LogP) is 4.74. The van der Waals surface area contributed by atoms with Crippen molar-refractivity contribution >= 4 is 16.7 Å². The summed E-state index contributed by atoms with van der Waals surface area (Å²) < 4.78 is 2.39. The van der Waals surface area contributed by atoms with E-state index in [0.717, 1.165) is 45.3 Å². The second-order valence-corrected chi connectivity index (χ2v) is 8.98. The summed E-state index contributed by atoms with van der Waals surface area (Å²) in [5.74, 6) is 0.737. The molecule has 1 aliphatic carbocycles. The monoisotopic (exact) mass is 401 g/mol. The summed E-state index contributed by atoms with van der Waals surface area (Å²) in [4.78, 5) is 14.3. The highest BCUT2D eigenvalue weighted by Gasteiger charge is 2.34. The fourth-order valence-corrected chi connectivity index (χ4v) is 4.93. The summed E-state index contributed by atoms with van der Waals surface area (Å²) >= 11 is 0. The Morgan fingerprint density at radius 3 is 2.50 bits per heavy atom. The van der Waals surface area contributed by atoms with Gasteiger partial charge in [0.05, 0.1) is 5.69 Å². The van der Waals surface area contributed by atoms with E-state index in [4.69, 9.17) is 0 Å². The largest absolute Gasteiger partial charge is 0.342 e. The number of hydrogen-bond acceptors (Lipinski definition) is 2. The third-order valence-corrected chi connectivity index (χ3v) is 6.86. The Kier molecular flexibility index (Phi) is 5.11. The molecule has 2 aliphatic rings. The second kappa shape index (κ2) is 7.92. The molecule has 5 rings (SSSR count). The first kappa shape index (κ1) is 19.4. The average molecular weight is 402 g/mol.